The molecule has 6 nitrogen and oxygen atoms in total. The van der Waals surface area contributed by atoms with Crippen LogP contribution in [0.15, 0.2) is 60.8 Å². The summed E-state index contributed by atoms with van der Waals surface area (Å²) in [7, 11) is 0. The Balaban J connectivity index is 1.56. The van der Waals surface area contributed by atoms with Gasteiger partial charge in [-0.3, -0.25) is 9.88 Å². The van der Waals surface area contributed by atoms with Crippen LogP contribution in [0.2, 0.25) is 10.0 Å². The number of nitrogens with zero attached hydrogens (tertiary/aromatic N) is 4. The van der Waals surface area contributed by atoms with Gasteiger partial charge in [0.2, 0.25) is 0 Å². The Kier molecular flexibility index (Phi) is 6.66. The molecule has 1 saturated heterocycles. The third-order valence-electron chi connectivity index (χ3n) is 5.74. The summed E-state index contributed by atoms with van der Waals surface area (Å²) in [6, 6.07) is 17.3. The Morgan fingerprint density at radius 2 is 1.76 bits per heavy atom. The lowest BCUT2D eigenvalue weighted by Crippen LogP contribution is -2.45. The van der Waals surface area contributed by atoms with Crippen molar-refractivity contribution >= 4 is 45.6 Å². The molecule has 1 fully saturated rings. The largest absolute Gasteiger partial charge is 0.373 e. The van der Waals surface area contributed by atoms with Gasteiger partial charge in [-0.05, 0) is 62.4 Å². The van der Waals surface area contributed by atoms with E-state index < -0.39 is 0 Å². The molecule has 0 unspecified atom stereocenters. The number of pyridine rings is 1. The number of ether oxygens (including phenoxy) is 1. The Labute approximate surface area is 208 Å². The normalized spacial score (nSPS) is 18.8. The van der Waals surface area contributed by atoms with Gasteiger partial charge in [0.15, 0.2) is 0 Å². The van der Waals surface area contributed by atoms with Crippen LogP contribution in [0.3, 0.4) is 0 Å². The molecular weight excluding hydrogens is 469 g/mol. The van der Waals surface area contributed by atoms with Crippen molar-refractivity contribution in [3.8, 4) is 11.3 Å². The van der Waals surface area contributed by atoms with E-state index in [-0.39, 0.29) is 12.2 Å². The second-order valence-electron chi connectivity index (χ2n) is 8.64. The van der Waals surface area contributed by atoms with Gasteiger partial charge in [-0.2, -0.15) is 0 Å². The number of hydrogen-bond donors (Lipinski definition) is 1. The summed E-state index contributed by atoms with van der Waals surface area (Å²) in [4.78, 5) is 16.6. The van der Waals surface area contributed by atoms with Gasteiger partial charge in [-0.15, -0.1) is 0 Å². The lowest BCUT2D eigenvalue weighted by Gasteiger charge is -2.34. The Morgan fingerprint density at radius 1 is 1.00 bits per heavy atom. The highest BCUT2D eigenvalue weighted by molar-refractivity contribution is 6.33. The molecule has 2 aromatic carbocycles. The van der Waals surface area contributed by atoms with E-state index in [0.717, 1.165) is 52.6 Å². The fourth-order valence-electron chi connectivity index (χ4n) is 4.37. The zero-order valence-electron chi connectivity index (χ0n) is 19.0. The van der Waals surface area contributed by atoms with Gasteiger partial charge in [0, 0.05) is 40.9 Å². The molecule has 4 aromatic rings. The Morgan fingerprint density at radius 3 is 2.50 bits per heavy atom. The van der Waals surface area contributed by atoms with Crippen molar-refractivity contribution in [1.82, 2.24) is 19.9 Å². The molecule has 1 aliphatic rings. The molecule has 34 heavy (non-hydrogen) atoms. The van der Waals surface area contributed by atoms with Crippen molar-refractivity contribution in [2.75, 3.05) is 18.4 Å². The second kappa shape index (κ2) is 9.84. The van der Waals surface area contributed by atoms with E-state index >= 15 is 0 Å². The minimum Gasteiger partial charge on any atom is -0.373 e. The van der Waals surface area contributed by atoms with Crippen LogP contribution in [-0.4, -0.2) is 45.1 Å². The van der Waals surface area contributed by atoms with E-state index in [0.29, 0.717) is 16.6 Å². The zero-order chi connectivity index (χ0) is 23.7. The van der Waals surface area contributed by atoms with Gasteiger partial charge in [0.1, 0.15) is 11.6 Å². The molecule has 2 aromatic heterocycles. The first-order valence-corrected chi connectivity index (χ1v) is 12.0. The third-order valence-corrected chi connectivity index (χ3v) is 6.30. The first kappa shape index (κ1) is 23.0. The second-order valence-corrected chi connectivity index (χ2v) is 9.48. The summed E-state index contributed by atoms with van der Waals surface area (Å²) >= 11 is 12.5. The fraction of sp³-hybridized carbons (Fsp3) is 0.269. The number of rotatable bonds is 5. The number of nitrogens with one attached hydrogen (secondary N) is 1. The number of anilines is 2. The highest BCUT2D eigenvalue weighted by atomic mass is 35.5. The van der Waals surface area contributed by atoms with Gasteiger partial charge in [-0.25, -0.2) is 9.97 Å². The quantitative estimate of drug-likeness (QED) is 0.349. The molecule has 0 saturated carbocycles. The molecule has 0 aliphatic carbocycles. The summed E-state index contributed by atoms with van der Waals surface area (Å²) in [5.74, 6) is 1.49. The monoisotopic (exact) mass is 493 g/mol. The van der Waals surface area contributed by atoms with Crippen LogP contribution in [0.5, 0.6) is 0 Å². The first-order valence-electron chi connectivity index (χ1n) is 11.3. The van der Waals surface area contributed by atoms with Crippen molar-refractivity contribution in [2.24, 2.45) is 0 Å². The van der Waals surface area contributed by atoms with E-state index in [1.807, 2.05) is 54.6 Å². The highest BCUT2D eigenvalue weighted by Crippen LogP contribution is 2.31. The molecule has 2 atom stereocenters. The standard InChI is InChI=1S/C26H25Cl2N5O/c1-16-13-33(14-17(2)34-16)15-24-31-23-12-18(25-22(28)4-3-11-29-25)5-10-21(23)26(32-24)30-20-8-6-19(27)7-9-20/h3-12,16-17H,13-15H2,1-2H3,(H,30,31,32)/t16-,17-/m1/s1. The molecule has 0 spiro atoms. The van der Waals surface area contributed by atoms with Crippen LogP contribution in [-0.2, 0) is 11.3 Å². The van der Waals surface area contributed by atoms with E-state index in [1.165, 1.54) is 0 Å². The van der Waals surface area contributed by atoms with Gasteiger partial charge >= 0.3 is 0 Å². The minimum absolute atomic E-state index is 0.175. The number of benzene rings is 2. The van der Waals surface area contributed by atoms with Crippen LogP contribution in [0.4, 0.5) is 11.5 Å². The predicted octanol–water partition coefficient (Wildman–Crippen LogP) is 6.35. The highest BCUT2D eigenvalue weighted by Gasteiger charge is 2.23. The lowest BCUT2D eigenvalue weighted by atomic mass is 10.1. The van der Waals surface area contributed by atoms with Crippen molar-refractivity contribution in [1.29, 1.82) is 0 Å². The van der Waals surface area contributed by atoms with Crippen LogP contribution in [0.25, 0.3) is 22.2 Å². The molecule has 0 bridgehead atoms. The van der Waals surface area contributed by atoms with E-state index in [2.05, 4.69) is 29.0 Å². The summed E-state index contributed by atoms with van der Waals surface area (Å²) in [5, 5.41) is 5.65. The predicted molar refractivity (Wildman–Crippen MR) is 138 cm³/mol. The summed E-state index contributed by atoms with van der Waals surface area (Å²) in [6.07, 6.45) is 2.09. The van der Waals surface area contributed by atoms with Crippen LogP contribution in [0.1, 0.15) is 19.7 Å². The fourth-order valence-corrected chi connectivity index (χ4v) is 4.73. The molecule has 1 aliphatic heterocycles. The van der Waals surface area contributed by atoms with E-state index in [9.17, 15) is 0 Å². The lowest BCUT2D eigenvalue weighted by molar-refractivity contribution is -0.0710. The smallest absolute Gasteiger partial charge is 0.145 e. The molecule has 174 valence electrons. The number of aromatic nitrogens is 3. The Bertz CT molecular complexity index is 1300. The molecule has 3 heterocycles. The van der Waals surface area contributed by atoms with Crippen molar-refractivity contribution < 1.29 is 4.74 Å². The van der Waals surface area contributed by atoms with Gasteiger partial charge < -0.3 is 10.1 Å². The molecule has 0 amide bonds. The van der Waals surface area contributed by atoms with Crippen molar-refractivity contribution in [2.45, 2.75) is 32.6 Å². The van der Waals surface area contributed by atoms with E-state index in [1.54, 1.807) is 6.20 Å². The summed E-state index contributed by atoms with van der Waals surface area (Å²) in [6.45, 7) is 6.52. The maximum atomic E-state index is 6.41. The van der Waals surface area contributed by atoms with E-state index in [4.69, 9.17) is 37.9 Å². The first-order chi connectivity index (χ1) is 16.4. The average molecular weight is 494 g/mol. The molecular formula is C26H25Cl2N5O. The topological polar surface area (TPSA) is 63.2 Å². The van der Waals surface area contributed by atoms with Crippen LogP contribution < -0.4 is 5.32 Å². The molecule has 1 N–H and O–H groups in total. The van der Waals surface area contributed by atoms with Crippen molar-refractivity contribution in [3.05, 3.63) is 76.7 Å². The maximum absolute atomic E-state index is 6.41. The van der Waals surface area contributed by atoms with Gasteiger partial charge in [-0.1, -0.05) is 29.3 Å². The van der Waals surface area contributed by atoms with Crippen LogP contribution in [0, 0.1) is 0 Å². The maximum Gasteiger partial charge on any atom is 0.145 e. The third kappa shape index (κ3) is 5.15. The molecule has 0 radical (unpaired) electrons. The number of fused-ring (bicyclic) bond motifs is 1. The average Bonchev–Trinajstić information content (AvgIpc) is 2.80. The summed E-state index contributed by atoms with van der Waals surface area (Å²) in [5.41, 5.74) is 3.37. The number of halogens is 2. The SMILES string of the molecule is C[C@@H]1CN(Cc2nc(Nc3ccc(Cl)cc3)c3ccc(-c4ncccc4Cl)cc3n2)C[C@@H](C)O1. The minimum atomic E-state index is 0.175. The van der Waals surface area contributed by atoms with Crippen LogP contribution >= 0.6 is 23.2 Å². The van der Waals surface area contributed by atoms with Crippen molar-refractivity contribution in [3.63, 3.8) is 0 Å². The molecule has 8 heteroatoms. The van der Waals surface area contributed by atoms with Gasteiger partial charge in [0.05, 0.1) is 35.0 Å². The number of morpholine rings is 1. The zero-order valence-corrected chi connectivity index (χ0v) is 20.5. The summed E-state index contributed by atoms with van der Waals surface area (Å²) < 4.78 is 5.89. The molecule has 5 rings (SSSR count). The Hall–Kier alpha value is -2.77. The van der Waals surface area contributed by atoms with Gasteiger partial charge in [0.25, 0.3) is 0 Å². The number of hydrogen-bond acceptors (Lipinski definition) is 6.